The molecule has 1 rings (SSSR count). The van der Waals surface area contributed by atoms with E-state index >= 15 is 0 Å². The highest BCUT2D eigenvalue weighted by Crippen LogP contribution is 2.37. The SMILES string of the molecule is C=C[C@H](O)[C@@H](CCC#CC1CCCCC1)CO[Si](C)(C)C(C)(C)C. The molecular weight excluding hydrogens is 312 g/mol. The molecule has 0 radical (unpaired) electrons. The molecule has 1 fully saturated rings. The van der Waals surface area contributed by atoms with E-state index in [2.05, 4.69) is 52.3 Å². The maximum Gasteiger partial charge on any atom is 0.191 e. The van der Waals surface area contributed by atoms with E-state index in [9.17, 15) is 5.11 Å². The van der Waals surface area contributed by atoms with Crippen molar-refractivity contribution in [3.63, 3.8) is 0 Å². The minimum atomic E-state index is -1.78. The lowest BCUT2D eigenvalue weighted by Crippen LogP contribution is -2.43. The van der Waals surface area contributed by atoms with Gasteiger partial charge in [0.2, 0.25) is 0 Å². The van der Waals surface area contributed by atoms with Gasteiger partial charge in [0.25, 0.3) is 0 Å². The number of aliphatic hydroxyl groups is 1. The van der Waals surface area contributed by atoms with Crippen molar-refractivity contribution in [2.75, 3.05) is 6.61 Å². The van der Waals surface area contributed by atoms with Crippen molar-refractivity contribution >= 4 is 8.32 Å². The normalized spacial score (nSPS) is 19.2. The molecular formula is C21H38O2Si. The van der Waals surface area contributed by atoms with Gasteiger partial charge < -0.3 is 9.53 Å². The second kappa shape index (κ2) is 9.80. The van der Waals surface area contributed by atoms with Crippen molar-refractivity contribution in [3.05, 3.63) is 12.7 Å². The van der Waals surface area contributed by atoms with Gasteiger partial charge in [-0.1, -0.05) is 52.0 Å². The topological polar surface area (TPSA) is 29.5 Å². The monoisotopic (exact) mass is 350 g/mol. The van der Waals surface area contributed by atoms with Crippen LogP contribution in [0.3, 0.4) is 0 Å². The Morgan fingerprint density at radius 3 is 2.42 bits per heavy atom. The Morgan fingerprint density at radius 1 is 1.25 bits per heavy atom. The van der Waals surface area contributed by atoms with Crippen LogP contribution in [-0.2, 0) is 4.43 Å². The molecule has 0 unspecified atom stereocenters. The van der Waals surface area contributed by atoms with Crippen molar-refractivity contribution < 1.29 is 9.53 Å². The Labute approximate surface area is 151 Å². The summed E-state index contributed by atoms with van der Waals surface area (Å²) in [6, 6.07) is 0. The predicted molar refractivity (Wildman–Crippen MR) is 106 cm³/mol. The molecule has 1 saturated carbocycles. The van der Waals surface area contributed by atoms with Gasteiger partial charge in [-0.25, -0.2) is 0 Å². The van der Waals surface area contributed by atoms with Crippen LogP contribution in [0.25, 0.3) is 0 Å². The van der Waals surface area contributed by atoms with Gasteiger partial charge in [-0.05, 0) is 37.4 Å². The lowest BCUT2D eigenvalue weighted by atomic mass is 9.89. The number of hydrogen-bond donors (Lipinski definition) is 1. The van der Waals surface area contributed by atoms with Crippen LogP contribution in [0, 0.1) is 23.7 Å². The van der Waals surface area contributed by atoms with Crippen LogP contribution in [0.1, 0.15) is 65.7 Å². The first-order valence-corrected chi connectivity index (χ1v) is 12.5. The largest absolute Gasteiger partial charge is 0.416 e. The van der Waals surface area contributed by atoms with Crippen LogP contribution < -0.4 is 0 Å². The lowest BCUT2D eigenvalue weighted by Gasteiger charge is -2.37. The Morgan fingerprint density at radius 2 is 1.88 bits per heavy atom. The molecule has 0 aromatic rings. The summed E-state index contributed by atoms with van der Waals surface area (Å²) in [6.07, 6.45) is 9.40. The van der Waals surface area contributed by atoms with E-state index < -0.39 is 14.4 Å². The molecule has 1 aliphatic rings. The highest BCUT2D eigenvalue weighted by Gasteiger charge is 2.37. The van der Waals surface area contributed by atoms with Gasteiger partial charge >= 0.3 is 0 Å². The number of aliphatic hydroxyl groups excluding tert-OH is 1. The fourth-order valence-electron chi connectivity index (χ4n) is 2.80. The van der Waals surface area contributed by atoms with Gasteiger partial charge in [0.05, 0.1) is 6.10 Å². The first-order chi connectivity index (χ1) is 11.2. The molecule has 0 spiro atoms. The third-order valence-corrected chi connectivity index (χ3v) is 10.2. The molecule has 0 bridgehead atoms. The van der Waals surface area contributed by atoms with E-state index in [0.717, 1.165) is 12.8 Å². The third kappa shape index (κ3) is 7.13. The Hall–Kier alpha value is -0.563. The summed E-state index contributed by atoms with van der Waals surface area (Å²) in [7, 11) is -1.78. The van der Waals surface area contributed by atoms with E-state index in [1.807, 2.05) is 0 Å². The highest BCUT2D eigenvalue weighted by molar-refractivity contribution is 6.74. The molecule has 1 N–H and O–H groups in total. The molecule has 3 heteroatoms. The van der Waals surface area contributed by atoms with Crippen molar-refractivity contribution in [2.24, 2.45) is 11.8 Å². The van der Waals surface area contributed by atoms with Gasteiger partial charge in [0, 0.05) is 24.9 Å². The maximum atomic E-state index is 10.2. The van der Waals surface area contributed by atoms with Gasteiger partial charge in [0.15, 0.2) is 8.32 Å². The molecule has 0 aromatic heterocycles. The third-order valence-electron chi connectivity index (χ3n) is 5.74. The minimum absolute atomic E-state index is 0.0947. The van der Waals surface area contributed by atoms with Crippen molar-refractivity contribution in [3.8, 4) is 11.8 Å². The van der Waals surface area contributed by atoms with Crippen LogP contribution >= 0.6 is 0 Å². The molecule has 24 heavy (non-hydrogen) atoms. The maximum absolute atomic E-state index is 10.2. The number of rotatable bonds is 7. The fraction of sp³-hybridized carbons (Fsp3) is 0.810. The minimum Gasteiger partial charge on any atom is -0.416 e. The molecule has 1 aliphatic carbocycles. The predicted octanol–water partition coefficient (Wildman–Crippen LogP) is 5.54. The second-order valence-electron chi connectivity index (χ2n) is 8.75. The summed E-state index contributed by atoms with van der Waals surface area (Å²) >= 11 is 0. The molecule has 2 atom stereocenters. The standard InChI is InChI=1S/C21H38O2Si/c1-7-20(22)19(17-23-24(5,6)21(2,3)4)16-12-11-15-18-13-9-8-10-14-18/h7,18-20,22H,1,8-10,12-14,16-17H2,2-6H3/t19-,20-/m0/s1. The van der Waals surface area contributed by atoms with E-state index in [1.165, 1.54) is 32.1 Å². The second-order valence-corrected chi connectivity index (χ2v) is 13.6. The zero-order valence-electron chi connectivity index (χ0n) is 16.5. The summed E-state index contributed by atoms with van der Waals surface area (Å²) in [5, 5.41) is 10.4. The van der Waals surface area contributed by atoms with Gasteiger partial charge in [-0.2, -0.15) is 0 Å². The molecule has 0 saturated heterocycles. The van der Waals surface area contributed by atoms with Crippen LogP contribution in [0.2, 0.25) is 18.1 Å². The Balaban J connectivity index is 2.51. The van der Waals surface area contributed by atoms with E-state index in [1.54, 1.807) is 6.08 Å². The van der Waals surface area contributed by atoms with Crippen molar-refractivity contribution in [2.45, 2.75) is 90.0 Å². The fourth-order valence-corrected chi connectivity index (χ4v) is 3.86. The zero-order valence-corrected chi connectivity index (χ0v) is 17.5. The quantitative estimate of drug-likeness (QED) is 0.371. The van der Waals surface area contributed by atoms with E-state index in [0.29, 0.717) is 12.5 Å². The average Bonchev–Trinajstić information content (AvgIpc) is 2.53. The van der Waals surface area contributed by atoms with E-state index in [4.69, 9.17) is 4.43 Å². The Bertz CT molecular complexity index is 433. The van der Waals surface area contributed by atoms with Crippen LogP contribution in [0.5, 0.6) is 0 Å². The Kier molecular flexibility index (Phi) is 8.77. The molecule has 0 amide bonds. The summed E-state index contributed by atoms with van der Waals surface area (Å²) in [4.78, 5) is 0. The molecule has 2 nitrogen and oxygen atoms in total. The summed E-state index contributed by atoms with van der Waals surface area (Å²) in [6.45, 7) is 15.6. The first-order valence-electron chi connectivity index (χ1n) is 9.60. The smallest absolute Gasteiger partial charge is 0.191 e. The van der Waals surface area contributed by atoms with Crippen molar-refractivity contribution in [1.29, 1.82) is 0 Å². The summed E-state index contributed by atoms with van der Waals surface area (Å²) in [5.41, 5.74) is 0. The molecule has 0 aliphatic heterocycles. The molecule has 0 aromatic carbocycles. The van der Waals surface area contributed by atoms with Gasteiger partial charge in [-0.3, -0.25) is 0 Å². The molecule has 0 heterocycles. The highest BCUT2D eigenvalue weighted by atomic mass is 28.4. The average molecular weight is 351 g/mol. The van der Waals surface area contributed by atoms with Crippen LogP contribution in [0.4, 0.5) is 0 Å². The first kappa shape index (κ1) is 21.5. The van der Waals surface area contributed by atoms with E-state index in [-0.39, 0.29) is 11.0 Å². The molecule has 138 valence electrons. The van der Waals surface area contributed by atoms with Gasteiger partial charge in [0.1, 0.15) is 0 Å². The van der Waals surface area contributed by atoms with Crippen LogP contribution in [-0.4, -0.2) is 26.1 Å². The summed E-state index contributed by atoms with van der Waals surface area (Å²) in [5.74, 6) is 7.49. The zero-order chi connectivity index (χ0) is 18.2. The number of hydrogen-bond acceptors (Lipinski definition) is 2. The summed E-state index contributed by atoms with van der Waals surface area (Å²) < 4.78 is 6.31. The van der Waals surface area contributed by atoms with Gasteiger partial charge in [-0.15, -0.1) is 12.5 Å². The van der Waals surface area contributed by atoms with Crippen LogP contribution in [0.15, 0.2) is 12.7 Å². The lowest BCUT2D eigenvalue weighted by molar-refractivity contribution is 0.0997. The van der Waals surface area contributed by atoms with Crippen molar-refractivity contribution in [1.82, 2.24) is 0 Å².